The van der Waals surface area contributed by atoms with Crippen molar-refractivity contribution in [1.29, 1.82) is 0 Å². The number of carbonyl (C=O) groups excluding carboxylic acids is 2. The SMILES string of the molecule is CN1CCN(Cc2ccc(CNC(=O)NC3CCN(CC(=O)Nc4ccccc4)CC3)cc2)CC1. The van der Waals surface area contributed by atoms with Crippen molar-refractivity contribution in [2.45, 2.75) is 32.0 Å². The molecule has 2 fully saturated rings. The van der Waals surface area contributed by atoms with E-state index in [1.54, 1.807) is 0 Å². The first-order chi connectivity index (χ1) is 17.0. The molecule has 188 valence electrons. The molecule has 0 radical (unpaired) electrons. The fraction of sp³-hybridized carbons (Fsp3) is 0.481. The first-order valence-corrected chi connectivity index (χ1v) is 12.6. The highest BCUT2D eigenvalue weighted by Gasteiger charge is 2.22. The lowest BCUT2D eigenvalue weighted by molar-refractivity contribution is -0.117. The van der Waals surface area contributed by atoms with Crippen LogP contribution in [0.5, 0.6) is 0 Å². The number of nitrogens with zero attached hydrogens (tertiary/aromatic N) is 3. The Morgan fingerprint density at radius 3 is 2.17 bits per heavy atom. The minimum atomic E-state index is -0.133. The average molecular weight is 479 g/mol. The Bertz CT molecular complexity index is 936. The topological polar surface area (TPSA) is 80.0 Å². The number of hydrogen-bond acceptors (Lipinski definition) is 5. The van der Waals surface area contributed by atoms with Crippen molar-refractivity contribution in [3.8, 4) is 0 Å². The van der Waals surface area contributed by atoms with Crippen LogP contribution in [-0.4, -0.2) is 85.5 Å². The number of piperazine rings is 1. The summed E-state index contributed by atoms with van der Waals surface area (Å²) in [5.74, 6) is -0.00472. The lowest BCUT2D eigenvalue weighted by atomic mass is 10.1. The van der Waals surface area contributed by atoms with Crippen LogP contribution in [0.2, 0.25) is 0 Å². The standard InChI is InChI=1S/C27H38N6O2/c1-31-15-17-33(18-16-31)20-23-9-7-22(8-10-23)19-28-27(35)30-25-11-13-32(14-12-25)21-26(34)29-24-5-3-2-4-6-24/h2-10,25H,11-21H2,1H3,(H,29,34)(H2,28,30,35). The summed E-state index contributed by atoms with van der Waals surface area (Å²) in [6.45, 7) is 7.93. The van der Waals surface area contributed by atoms with Crippen LogP contribution in [0, 0.1) is 0 Å². The van der Waals surface area contributed by atoms with Crippen molar-refractivity contribution in [2.75, 3.05) is 58.2 Å². The molecule has 0 aromatic heterocycles. The third kappa shape index (κ3) is 8.35. The highest BCUT2D eigenvalue weighted by molar-refractivity contribution is 5.92. The third-order valence-electron chi connectivity index (χ3n) is 6.83. The predicted molar refractivity (Wildman–Crippen MR) is 139 cm³/mol. The Morgan fingerprint density at radius 1 is 0.829 bits per heavy atom. The summed E-state index contributed by atoms with van der Waals surface area (Å²) in [4.78, 5) is 31.6. The molecule has 2 aliphatic heterocycles. The lowest BCUT2D eigenvalue weighted by Crippen LogP contribution is -2.48. The summed E-state index contributed by atoms with van der Waals surface area (Å²) in [7, 11) is 2.17. The van der Waals surface area contributed by atoms with Crippen molar-refractivity contribution in [3.05, 3.63) is 65.7 Å². The molecule has 0 unspecified atom stereocenters. The number of carbonyl (C=O) groups is 2. The molecule has 0 aliphatic carbocycles. The van der Waals surface area contributed by atoms with Crippen molar-refractivity contribution >= 4 is 17.6 Å². The highest BCUT2D eigenvalue weighted by Crippen LogP contribution is 2.12. The van der Waals surface area contributed by atoms with Crippen LogP contribution in [0.4, 0.5) is 10.5 Å². The van der Waals surface area contributed by atoms with Crippen LogP contribution in [-0.2, 0) is 17.9 Å². The van der Waals surface area contributed by atoms with Gasteiger partial charge in [-0.05, 0) is 43.1 Å². The van der Waals surface area contributed by atoms with E-state index in [2.05, 4.69) is 62.0 Å². The first-order valence-electron chi connectivity index (χ1n) is 12.6. The van der Waals surface area contributed by atoms with Gasteiger partial charge in [-0.2, -0.15) is 0 Å². The van der Waals surface area contributed by atoms with E-state index in [1.165, 1.54) is 5.56 Å². The van der Waals surface area contributed by atoms with Gasteiger partial charge >= 0.3 is 6.03 Å². The zero-order valence-electron chi connectivity index (χ0n) is 20.7. The van der Waals surface area contributed by atoms with Crippen LogP contribution < -0.4 is 16.0 Å². The molecule has 8 heteroatoms. The fourth-order valence-electron chi connectivity index (χ4n) is 4.61. The first kappa shape index (κ1) is 25.2. The Balaban J connectivity index is 1.11. The summed E-state index contributed by atoms with van der Waals surface area (Å²) >= 11 is 0. The van der Waals surface area contributed by atoms with Crippen LogP contribution in [0.1, 0.15) is 24.0 Å². The molecule has 0 atom stereocenters. The third-order valence-corrected chi connectivity index (χ3v) is 6.83. The molecule has 0 spiro atoms. The lowest BCUT2D eigenvalue weighted by Gasteiger charge is -2.32. The summed E-state index contributed by atoms with van der Waals surface area (Å²) in [5.41, 5.74) is 3.23. The van der Waals surface area contributed by atoms with Gasteiger partial charge in [-0.15, -0.1) is 0 Å². The quantitative estimate of drug-likeness (QED) is 0.543. The van der Waals surface area contributed by atoms with E-state index >= 15 is 0 Å². The molecule has 2 saturated heterocycles. The normalized spacial score (nSPS) is 18.2. The van der Waals surface area contributed by atoms with Gasteiger partial charge in [0.25, 0.3) is 0 Å². The molecule has 2 heterocycles. The van der Waals surface area contributed by atoms with Gasteiger partial charge in [-0.1, -0.05) is 42.5 Å². The number of urea groups is 1. The van der Waals surface area contributed by atoms with E-state index in [1.807, 2.05) is 30.3 Å². The second kappa shape index (κ2) is 12.7. The Morgan fingerprint density at radius 2 is 1.49 bits per heavy atom. The van der Waals surface area contributed by atoms with Gasteiger partial charge in [0.2, 0.25) is 5.91 Å². The maximum atomic E-state index is 12.4. The number of anilines is 1. The smallest absolute Gasteiger partial charge is 0.315 e. The molecule has 0 bridgehead atoms. The number of piperidine rings is 1. The summed E-state index contributed by atoms with van der Waals surface area (Å²) in [5, 5.41) is 8.99. The molecule has 2 aliphatic rings. The number of rotatable bonds is 8. The maximum Gasteiger partial charge on any atom is 0.315 e. The summed E-state index contributed by atoms with van der Waals surface area (Å²) < 4.78 is 0. The molecule has 2 aromatic carbocycles. The number of amides is 3. The van der Waals surface area contributed by atoms with Gasteiger partial charge in [0.15, 0.2) is 0 Å². The number of para-hydroxylation sites is 1. The second-order valence-corrected chi connectivity index (χ2v) is 9.69. The van der Waals surface area contributed by atoms with Crippen molar-refractivity contribution in [3.63, 3.8) is 0 Å². The predicted octanol–water partition coefficient (Wildman–Crippen LogP) is 2.34. The molecular formula is C27H38N6O2. The molecule has 2 aromatic rings. The van der Waals surface area contributed by atoms with Crippen LogP contribution >= 0.6 is 0 Å². The molecule has 35 heavy (non-hydrogen) atoms. The summed E-state index contributed by atoms with van der Waals surface area (Å²) in [6, 6.07) is 18.0. The maximum absolute atomic E-state index is 12.4. The Labute approximate surface area is 208 Å². The molecule has 4 rings (SSSR count). The van der Waals surface area contributed by atoms with Crippen molar-refractivity contribution < 1.29 is 9.59 Å². The minimum absolute atomic E-state index is 0.00472. The van der Waals surface area contributed by atoms with E-state index in [0.29, 0.717) is 13.1 Å². The molecular weight excluding hydrogens is 440 g/mol. The van der Waals surface area contributed by atoms with Crippen LogP contribution in [0.25, 0.3) is 0 Å². The van der Waals surface area contributed by atoms with Crippen molar-refractivity contribution in [1.82, 2.24) is 25.3 Å². The number of likely N-dealkylation sites (N-methyl/N-ethyl adjacent to an activating group) is 1. The van der Waals surface area contributed by atoms with Gasteiger partial charge < -0.3 is 20.9 Å². The van der Waals surface area contributed by atoms with E-state index < -0.39 is 0 Å². The second-order valence-electron chi connectivity index (χ2n) is 9.69. The fourth-order valence-corrected chi connectivity index (χ4v) is 4.61. The van der Waals surface area contributed by atoms with Gasteiger partial charge in [0.1, 0.15) is 0 Å². The Hall–Kier alpha value is -2.94. The van der Waals surface area contributed by atoms with Crippen molar-refractivity contribution in [2.24, 2.45) is 0 Å². The molecule has 3 N–H and O–H groups in total. The van der Waals surface area contributed by atoms with Gasteiger partial charge in [-0.3, -0.25) is 14.6 Å². The zero-order valence-corrected chi connectivity index (χ0v) is 20.7. The van der Waals surface area contributed by atoms with E-state index in [9.17, 15) is 9.59 Å². The minimum Gasteiger partial charge on any atom is -0.335 e. The Kier molecular flexibility index (Phi) is 9.11. The van der Waals surface area contributed by atoms with Gasteiger partial charge in [0, 0.05) is 64.1 Å². The van der Waals surface area contributed by atoms with Gasteiger partial charge in [-0.25, -0.2) is 4.79 Å². The van der Waals surface area contributed by atoms with Crippen LogP contribution in [0.15, 0.2) is 54.6 Å². The number of nitrogens with one attached hydrogen (secondary N) is 3. The van der Waals surface area contributed by atoms with E-state index in [-0.39, 0.29) is 18.0 Å². The van der Waals surface area contributed by atoms with E-state index in [0.717, 1.165) is 69.9 Å². The number of likely N-dealkylation sites (tertiary alicyclic amines) is 1. The largest absolute Gasteiger partial charge is 0.335 e. The molecule has 3 amide bonds. The highest BCUT2D eigenvalue weighted by atomic mass is 16.2. The summed E-state index contributed by atoms with van der Waals surface area (Å²) in [6.07, 6.45) is 1.68. The van der Waals surface area contributed by atoms with Crippen LogP contribution in [0.3, 0.4) is 0 Å². The molecule has 8 nitrogen and oxygen atoms in total. The van der Waals surface area contributed by atoms with Gasteiger partial charge in [0.05, 0.1) is 6.54 Å². The molecule has 0 saturated carbocycles. The number of benzene rings is 2. The monoisotopic (exact) mass is 478 g/mol. The zero-order chi connectivity index (χ0) is 24.5. The average Bonchev–Trinajstić information content (AvgIpc) is 2.87. The number of hydrogen-bond donors (Lipinski definition) is 3. The van der Waals surface area contributed by atoms with E-state index in [4.69, 9.17) is 0 Å².